The van der Waals surface area contributed by atoms with Crippen molar-refractivity contribution in [3.8, 4) is 12.1 Å². The quantitative estimate of drug-likeness (QED) is 0.640. The van der Waals surface area contributed by atoms with Crippen LogP contribution in [0.5, 0.6) is 0 Å². The van der Waals surface area contributed by atoms with Gasteiger partial charge in [-0.25, -0.2) is 0 Å². The van der Waals surface area contributed by atoms with E-state index in [-0.39, 0.29) is 5.92 Å². The maximum absolute atomic E-state index is 9.14. The molecule has 0 fully saturated rings. The van der Waals surface area contributed by atoms with Crippen LogP contribution < -0.4 is 0 Å². The molecule has 0 aromatic rings. The molecule has 3 atom stereocenters. The summed E-state index contributed by atoms with van der Waals surface area (Å²) in [5, 5.41) is 26.2. The highest BCUT2D eigenvalue weighted by Crippen LogP contribution is 2.21. The van der Waals surface area contributed by atoms with Crippen LogP contribution in [-0.2, 0) is 0 Å². The van der Waals surface area contributed by atoms with Gasteiger partial charge in [-0.3, -0.25) is 0 Å². The molecule has 4 nitrogen and oxygen atoms in total. The van der Waals surface area contributed by atoms with Gasteiger partial charge in [0.1, 0.15) is 0 Å². The molecule has 0 amide bonds. The normalized spacial score (nSPS) is 18.0. The zero-order chi connectivity index (χ0) is 14.2. The molecule has 0 radical (unpaired) electrons. The fourth-order valence-electron chi connectivity index (χ4n) is 1.97. The van der Waals surface area contributed by atoms with Crippen molar-refractivity contribution in [1.82, 2.24) is 0 Å². The molecule has 100 valence electrons. The fourth-order valence-corrected chi connectivity index (χ4v) is 1.97. The Morgan fingerprint density at radius 3 is 2.22 bits per heavy atom. The third kappa shape index (κ3) is 7.01. The number of hydrogen-bond acceptors (Lipinski definition) is 4. The summed E-state index contributed by atoms with van der Waals surface area (Å²) in [4.78, 5) is 0. The highest BCUT2D eigenvalue weighted by Gasteiger charge is 2.24. The van der Waals surface area contributed by atoms with Gasteiger partial charge < -0.3 is 0 Å². The van der Waals surface area contributed by atoms with Crippen molar-refractivity contribution in [3.63, 3.8) is 0 Å². The second-order valence-electron chi connectivity index (χ2n) is 5.78. The Kier molecular flexibility index (Phi) is 7.20. The SMILES string of the molecule is CC(C)CC(C)(C#N)N=NCC(C)CC(C)C#N. The van der Waals surface area contributed by atoms with Crippen LogP contribution in [-0.4, -0.2) is 12.1 Å². The van der Waals surface area contributed by atoms with E-state index in [1.165, 1.54) is 0 Å². The first-order valence-electron chi connectivity index (χ1n) is 6.52. The van der Waals surface area contributed by atoms with Crippen molar-refractivity contribution in [3.05, 3.63) is 0 Å². The Labute approximate surface area is 111 Å². The summed E-state index contributed by atoms with van der Waals surface area (Å²) in [5.74, 6) is 0.795. The third-order valence-corrected chi connectivity index (χ3v) is 2.71. The molecule has 3 unspecified atom stereocenters. The summed E-state index contributed by atoms with van der Waals surface area (Å²) < 4.78 is 0. The molecular weight excluding hydrogens is 224 g/mol. The molecule has 0 aliphatic rings. The Hall–Kier alpha value is -1.42. The number of rotatable bonds is 7. The minimum atomic E-state index is -0.714. The van der Waals surface area contributed by atoms with Gasteiger partial charge in [0.15, 0.2) is 5.54 Å². The van der Waals surface area contributed by atoms with E-state index in [4.69, 9.17) is 10.5 Å². The average Bonchev–Trinajstić information content (AvgIpc) is 2.27. The maximum atomic E-state index is 9.14. The molecule has 4 heteroatoms. The van der Waals surface area contributed by atoms with E-state index in [0.717, 1.165) is 12.8 Å². The van der Waals surface area contributed by atoms with Crippen molar-refractivity contribution in [2.45, 2.75) is 53.0 Å². The Balaban J connectivity index is 4.30. The van der Waals surface area contributed by atoms with Crippen LogP contribution in [0.15, 0.2) is 10.2 Å². The average molecular weight is 248 g/mol. The predicted octanol–water partition coefficient (Wildman–Crippen LogP) is 3.95. The minimum absolute atomic E-state index is 0.0493. The van der Waals surface area contributed by atoms with Crippen LogP contribution in [0.3, 0.4) is 0 Å². The number of azo groups is 1. The van der Waals surface area contributed by atoms with Crippen LogP contribution in [0.25, 0.3) is 0 Å². The van der Waals surface area contributed by atoms with Gasteiger partial charge in [0, 0.05) is 5.92 Å². The van der Waals surface area contributed by atoms with Gasteiger partial charge in [0.25, 0.3) is 0 Å². The maximum Gasteiger partial charge on any atom is 0.164 e. The van der Waals surface area contributed by atoms with E-state index >= 15 is 0 Å². The largest absolute Gasteiger partial charge is 0.198 e. The van der Waals surface area contributed by atoms with Crippen molar-refractivity contribution < 1.29 is 0 Å². The van der Waals surface area contributed by atoms with Gasteiger partial charge in [0.2, 0.25) is 0 Å². The lowest BCUT2D eigenvalue weighted by Crippen LogP contribution is -2.21. The van der Waals surface area contributed by atoms with Crippen LogP contribution in [0.2, 0.25) is 0 Å². The van der Waals surface area contributed by atoms with Crippen LogP contribution in [0.1, 0.15) is 47.5 Å². The van der Waals surface area contributed by atoms with Gasteiger partial charge in [-0.15, -0.1) is 0 Å². The van der Waals surface area contributed by atoms with Crippen molar-refractivity contribution in [2.24, 2.45) is 28.0 Å². The minimum Gasteiger partial charge on any atom is -0.198 e. The second kappa shape index (κ2) is 7.82. The van der Waals surface area contributed by atoms with Gasteiger partial charge in [0.05, 0.1) is 18.7 Å². The molecule has 0 aliphatic heterocycles. The molecule has 0 saturated heterocycles. The zero-order valence-corrected chi connectivity index (χ0v) is 12.1. The van der Waals surface area contributed by atoms with E-state index < -0.39 is 5.54 Å². The lowest BCUT2D eigenvalue weighted by atomic mass is 9.93. The van der Waals surface area contributed by atoms with E-state index in [1.54, 1.807) is 0 Å². The standard InChI is InChI=1S/C14H24N4/c1-11(2)7-14(5,10-16)18-17-9-13(4)6-12(3)8-15/h11-13H,6-7,9H2,1-5H3. The lowest BCUT2D eigenvalue weighted by Gasteiger charge is -2.17. The van der Waals surface area contributed by atoms with E-state index in [1.807, 2.05) is 13.8 Å². The van der Waals surface area contributed by atoms with Gasteiger partial charge in [-0.1, -0.05) is 20.8 Å². The van der Waals surface area contributed by atoms with E-state index in [0.29, 0.717) is 18.4 Å². The molecule has 0 spiro atoms. The molecule has 0 rings (SSSR count). The van der Waals surface area contributed by atoms with Crippen molar-refractivity contribution in [2.75, 3.05) is 6.54 Å². The fraction of sp³-hybridized carbons (Fsp3) is 0.857. The predicted molar refractivity (Wildman–Crippen MR) is 71.8 cm³/mol. The monoisotopic (exact) mass is 248 g/mol. The van der Waals surface area contributed by atoms with E-state index in [9.17, 15) is 0 Å². The summed E-state index contributed by atoms with van der Waals surface area (Å²) in [5.41, 5.74) is -0.714. The van der Waals surface area contributed by atoms with Crippen molar-refractivity contribution in [1.29, 1.82) is 10.5 Å². The lowest BCUT2D eigenvalue weighted by molar-refractivity contribution is 0.416. The Bertz CT molecular complexity index is 348. The Morgan fingerprint density at radius 1 is 1.17 bits per heavy atom. The number of hydrogen-bond donors (Lipinski definition) is 0. The first-order valence-corrected chi connectivity index (χ1v) is 6.52. The van der Waals surface area contributed by atoms with Crippen LogP contribution in [0, 0.1) is 40.4 Å². The molecule has 0 aromatic carbocycles. The molecule has 0 heterocycles. The molecule has 0 saturated carbocycles. The van der Waals surface area contributed by atoms with Crippen LogP contribution >= 0.6 is 0 Å². The van der Waals surface area contributed by atoms with Gasteiger partial charge in [-0.2, -0.15) is 20.8 Å². The second-order valence-corrected chi connectivity index (χ2v) is 5.78. The van der Waals surface area contributed by atoms with E-state index in [2.05, 4.69) is 43.1 Å². The molecular formula is C14H24N4. The first kappa shape index (κ1) is 16.6. The summed E-state index contributed by atoms with van der Waals surface area (Å²) in [6.07, 6.45) is 1.54. The summed E-state index contributed by atoms with van der Waals surface area (Å²) >= 11 is 0. The van der Waals surface area contributed by atoms with Crippen LogP contribution in [0.4, 0.5) is 0 Å². The zero-order valence-electron chi connectivity index (χ0n) is 12.1. The smallest absolute Gasteiger partial charge is 0.164 e. The first-order chi connectivity index (χ1) is 8.33. The topological polar surface area (TPSA) is 72.3 Å². The molecule has 0 bridgehead atoms. The third-order valence-electron chi connectivity index (χ3n) is 2.71. The number of nitriles is 2. The van der Waals surface area contributed by atoms with Gasteiger partial charge >= 0.3 is 0 Å². The highest BCUT2D eigenvalue weighted by atomic mass is 15.1. The number of nitrogens with zero attached hydrogens (tertiary/aromatic N) is 4. The molecule has 0 aliphatic carbocycles. The molecule has 0 aromatic heterocycles. The summed E-state index contributed by atoms with van der Waals surface area (Å²) in [6.45, 7) is 10.5. The van der Waals surface area contributed by atoms with Crippen molar-refractivity contribution >= 4 is 0 Å². The molecule has 0 N–H and O–H groups in total. The van der Waals surface area contributed by atoms with Gasteiger partial charge in [-0.05, 0) is 38.5 Å². The Morgan fingerprint density at radius 2 is 1.78 bits per heavy atom. The summed E-state index contributed by atoms with van der Waals surface area (Å²) in [7, 11) is 0. The summed E-state index contributed by atoms with van der Waals surface area (Å²) in [6, 6.07) is 4.44. The molecule has 18 heavy (non-hydrogen) atoms. The highest BCUT2D eigenvalue weighted by molar-refractivity contribution is 5.03.